The third-order valence-corrected chi connectivity index (χ3v) is 7.85. The van der Waals surface area contributed by atoms with Crippen molar-refractivity contribution >= 4 is 40.8 Å². The second-order valence-corrected chi connectivity index (χ2v) is 11.0. The lowest BCUT2D eigenvalue weighted by molar-refractivity contribution is -0.255. The molecule has 0 aromatic rings. The summed E-state index contributed by atoms with van der Waals surface area (Å²) in [5.41, 5.74) is -3.84. The van der Waals surface area contributed by atoms with E-state index >= 15 is 4.39 Å². The van der Waals surface area contributed by atoms with Gasteiger partial charge in [-0.1, -0.05) is 6.58 Å². The van der Waals surface area contributed by atoms with Crippen LogP contribution >= 0.6 is 35.7 Å². The van der Waals surface area contributed by atoms with Crippen molar-refractivity contribution in [3.63, 3.8) is 0 Å². The van der Waals surface area contributed by atoms with Gasteiger partial charge < -0.3 is 29.6 Å². The van der Waals surface area contributed by atoms with Gasteiger partial charge in [0.05, 0.1) is 12.7 Å². The number of allylic oxidation sites excluding steroid dienone is 1. The van der Waals surface area contributed by atoms with E-state index < -0.39 is 60.7 Å². The molecule has 2 rings (SSSR count). The van der Waals surface area contributed by atoms with Crippen molar-refractivity contribution in [2.24, 2.45) is 0 Å². The number of alkyl halides is 4. The fraction of sp³-hybridized carbons (Fsp3) is 0.545. The number of nitrogens with one attached hydrogen (secondary N) is 1. The summed E-state index contributed by atoms with van der Waals surface area (Å²) in [6, 6.07) is 0. The lowest BCUT2D eigenvalue weighted by Crippen LogP contribution is -2.57. The highest BCUT2D eigenvalue weighted by Crippen LogP contribution is 2.66. The van der Waals surface area contributed by atoms with Crippen LogP contribution in [0.2, 0.25) is 0 Å². The number of ether oxygens (including phenoxy) is 1. The molecule has 5 N–H and O–H groups in total. The van der Waals surface area contributed by atoms with Gasteiger partial charge in [-0.05, 0) is 18.3 Å². The smallest absolute Gasteiger partial charge is 0.348 e. The minimum absolute atomic E-state index is 0.199. The van der Waals surface area contributed by atoms with Crippen molar-refractivity contribution in [1.29, 1.82) is 0 Å². The summed E-state index contributed by atoms with van der Waals surface area (Å²) in [5, 5.41) is 2.01. The predicted octanol–water partition coefficient (Wildman–Crippen LogP) is 1.93. The summed E-state index contributed by atoms with van der Waals surface area (Å²) in [6.45, 7) is 2.20. The van der Waals surface area contributed by atoms with Crippen molar-refractivity contribution in [2.45, 2.75) is 30.6 Å². The monoisotopic (exact) mass is 552 g/mol. The van der Waals surface area contributed by atoms with Crippen molar-refractivity contribution < 1.29 is 68.7 Å². The first kappa shape index (κ1) is 27.5. The van der Waals surface area contributed by atoms with Gasteiger partial charge in [0.2, 0.25) is 0 Å². The molecule has 13 nitrogen and oxygen atoms in total. The van der Waals surface area contributed by atoms with E-state index in [9.17, 15) is 31.8 Å². The minimum Gasteiger partial charge on any atom is -0.348 e. The Labute approximate surface area is 182 Å². The maximum atomic E-state index is 15.0. The van der Waals surface area contributed by atoms with E-state index in [0.717, 1.165) is 6.20 Å². The number of rotatable bonds is 8. The number of phosphoric ester groups is 1. The van der Waals surface area contributed by atoms with Crippen molar-refractivity contribution in [3.8, 4) is 0 Å². The molecule has 0 bridgehead atoms. The molecule has 32 heavy (non-hydrogen) atoms. The van der Waals surface area contributed by atoms with Crippen LogP contribution < -0.4 is 5.32 Å². The molecule has 21 heteroatoms. The van der Waals surface area contributed by atoms with Crippen LogP contribution in [0.4, 0.5) is 17.6 Å². The van der Waals surface area contributed by atoms with Crippen LogP contribution in [-0.2, 0) is 31.6 Å². The molecule has 1 fully saturated rings. The summed E-state index contributed by atoms with van der Waals surface area (Å²) in [6.07, 6.45) is -9.02. The van der Waals surface area contributed by atoms with Gasteiger partial charge in [-0.15, -0.1) is 0 Å². The molecule has 2 unspecified atom stereocenters. The molecule has 5 atom stereocenters. The Morgan fingerprint density at radius 2 is 1.84 bits per heavy atom. The van der Waals surface area contributed by atoms with E-state index in [1.54, 1.807) is 0 Å². The van der Waals surface area contributed by atoms with Crippen molar-refractivity contribution in [1.82, 2.24) is 10.2 Å². The standard InChI is InChI=1S/C11H15F4N2O11P3S/c1-6-2-3-17(9(32)16-6)8-10(12,11(13,14)15)4-7(26-8)5-25-30(21,22)28-31(23,24)27-29(18,19)20/h2-3,7-8H,1,4-5H2,(H,16,32)(H,21,22)(H,23,24)(H2,18,19,20)/t7-,8+,10+/m0/s1. The van der Waals surface area contributed by atoms with E-state index in [0.29, 0.717) is 4.90 Å². The third-order valence-electron chi connectivity index (χ3n) is 3.74. The van der Waals surface area contributed by atoms with Crippen LogP contribution in [0.5, 0.6) is 0 Å². The molecule has 2 aliphatic heterocycles. The fourth-order valence-electron chi connectivity index (χ4n) is 2.56. The van der Waals surface area contributed by atoms with Crippen LogP contribution in [0.25, 0.3) is 0 Å². The van der Waals surface area contributed by atoms with Gasteiger partial charge in [0, 0.05) is 18.3 Å². The number of thiocarbonyl (C=S) groups is 1. The quantitative estimate of drug-likeness (QED) is 0.167. The lowest BCUT2D eigenvalue weighted by Gasteiger charge is -2.37. The maximum Gasteiger partial charge on any atom is 0.490 e. The van der Waals surface area contributed by atoms with Crippen LogP contribution in [-0.4, -0.2) is 60.4 Å². The zero-order valence-electron chi connectivity index (χ0n) is 15.3. The summed E-state index contributed by atoms with van der Waals surface area (Å²) in [7, 11) is -17.1. The van der Waals surface area contributed by atoms with Crippen molar-refractivity contribution in [3.05, 3.63) is 24.6 Å². The molecular weight excluding hydrogens is 537 g/mol. The molecule has 184 valence electrons. The predicted molar refractivity (Wildman–Crippen MR) is 98.8 cm³/mol. The van der Waals surface area contributed by atoms with Crippen LogP contribution in [0.3, 0.4) is 0 Å². The Bertz CT molecular complexity index is 958. The van der Waals surface area contributed by atoms with Crippen LogP contribution in [0.1, 0.15) is 6.42 Å². The molecule has 0 spiro atoms. The van der Waals surface area contributed by atoms with Gasteiger partial charge in [0.1, 0.15) is 0 Å². The first-order valence-electron chi connectivity index (χ1n) is 7.91. The van der Waals surface area contributed by atoms with Crippen LogP contribution in [0.15, 0.2) is 24.6 Å². The first-order chi connectivity index (χ1) is 14.2. The highest BCUT2D eigenvalue weighted by Gasteiger charge is 2.68. The summed E-state index contributed by atoms with van der Waals surface area (Å²) in [5.74, 6) is 0. The first-order valence-corrected chi connectivity index (χ1v) is 12.8. The molecule has 2 heterocycles. The summed E-state index contributed by atoms with van der Waals surface area (Å²) in [4.78, 5) is 35.9. The van der Waals surface area contributed by atoms with E-state index in [1.165, 1.54) is 6.08 Å². The summed E-state index contributed by atoms with van der Waals surface area (Å²) >= 11 is 4.85. The largest absolute Gasteiger partial charge is 0.490 e. The molecule has 0 aromatic heterocycles. The lowest BCUT2D eigenvalue weighted by atomic mass is 9.98. The van der Waals surface area contributed by atoms with E-state index in [2.05, 4.69) is 25.0 Å². The highest BCUT2D eigenvalue weighted by molar-refractivity contribution is 7.80. The minimum atomic E-state index is -5.84. The molecular formula is C11H15F4N2O11P3S. The Morgan fingerprint density at radius 3 is 2.34 bits per heavy atom. The van der Waals surface area contributed by atoms with E-state index in [4.69, 9.17) is 31.6 Å². The second kappa shape index (κ2) is 9.13. The molecule has 1 saturated heterocycles. The fourth-order valence-corrected chi connectivity index (χ4v) is 5.89. The topological polar surface area (TPSA) is 184 Å². The van der Waals surface area contributed by atoms with Gasteiger partial charge in [-0.25, -0.2) is 18.1 Å². The number of halogens is 4. The average molecular weight is 552 g/mol. The second-order valence-electron chi connectivity index (χ2n) is 6.24. The van der Waals surface area contributed by atoms with Gasteiger partial charge in [0.25, 0.3) is 5.67 Å². The van der Waals surface area contributed by atoms with Gasteiger partial charge in [0.15, 0.2) is 11.3 Å². The van der Waals surface area contributed by atoms with Crippen LogP contribution in [0, 0.1) is 0 Å². The molecule has 0 amide bonds. The zero-order chi connectivity index (χ0) is 24.8. The average Bonchev–Trinajstić information content (AvgIpc) is 2.87. The number of hydrogen-bond acceptors (Lipinski definition) is 8. The summed E-state index contributed by atoms with van der Waals surface area (Å²) < 4.78 is 105. The normalized spacial score (nSPS) is 30.7. The number of hydrogen-bond donors (Lipinski definition) is 5. The van der Waals surface area contributed by atoms with Crippen molar-refractivity contribution in [2.75, 3.05) is 6.61 Å². The zero-order valence-corrected chi connectivity index (χ0v) is 18.8. The van der Waals surface area contributed by atoms with E-state index in [1.807, 2.05) is 0 Å². The third kappa shape index (κ3) is 6.88. The Morgan fingerprint density at radius 1 is 1.25 bits per heavy atom. The highest BCUT2D eigenvalue weighted by atomic mass is 32.1. The van der Waals surface area contributed by atoms with E-state index in [-0.39, 0.29) is 10.8 Å². The SMILES string of the molecule is C=C1C=CN([C@@H]2O[C@H](COP(=O)(O)OP(=O)(O)OP(=O)(O)O)C[C@]2(F)C(F)(F)F)C(=S)N1. The Hall–Kier alpha value is -0.740. The molecule has 0 saturated carbocycles. The molecule has 0 aromatic carbocycles. The van der Waals surface area contributed by atoms with Gasteiger partial charge >= 0.3 is 29.6 Å². The maximum absolute atomic E-state index is 15.0. The Kier molecular flexibility index (Phi) is 7.85. The molecule has 0 aliphatic carbocycles. The Balaban J connectivity index is 2.15. The molecule has 0 radical (unpaired) electrons. The molecule has 2 aliphatic rings. The van der Waals surface area contributed by atoms with Gasteiger partial charge in [-0.3, -0.25) is 9.42 Å². The van der Waals surface area contributed by atoms with Gasteiger partial charge in [-0.2, -0.15) is 21.8 Å². The number of nitrogens with zero attached hydrogens (tertiary/aromatic N) is 1. The number of phosphoric acid groups is 3.